The number of ether oxygens (including phenoxy) is 1. The zero-order valence-corrected chi connectivity index (χ0v) is 11.9. The number of nitrogens with one attached hydrogen (secondary N) is 1. The summed E-state index contributed by atoms with van der Waals surface area (Å²) in [6.45, 7) is 5.03. The van der Waals surface area contributed by atoms with Gasteiger partial charge in [-0.25, -0.2) is 0 Å². The van der Waals surface area contributed by atoms with Gasteiger partial charge in [0.25, 0.3) is 0 Å². The molecular weight excluding hydrogens is 260 g/mol. The Labute approximate surface area is 118 Å². The molecule has 0 saturated heterocycles. The van der Waals surface area contributed by atoms with Crippen LogP contribution in [0.4, 0.5) is 5.69 Å². The average molecular weight is 277 g/mol. The Morgan fingerprint density at radius 3 is 2.89 bits per heavy atom. The van der Waals surface area contributed by atoms with Crippen LogP contribution >= 0.6 is 11.6 Å². The normalized spacial score (nSPS) is 10.3. The van der Waals surface area contributed by atoms with E-state index in [-0.39, 0.29) is 0 Å². The molecular formula is C15H17ClN2O. The second kappa shape index (κ2) is 6.43. The Kier molecular flexibility index (Phi) is 4.63. The van der Waals surface area contributed by atoms with Crippen LogP contribution in [0, 0.1) is 6.92 Å². The number of pyridine rings is 1. The average Bonchev–Trinajstić information content (AvgIpc) is 2.41. The van der Waals surface area contributed by atoms with Crippen LogP contribution < -0.4 is 10.1 Å². The van der Waals surface area contributed by atoms with E-state index in [4.69, 9.17) is 16.3 Å². The van der Waals surface area contributed by atoms with Crippen molar-refractivity contribution < 1.29 is 4.74 Å². The van der Waals surface area contributed by atoms with Gasteiger partial charge < -0.3 is 10.1 Å². The lowest BCUT2D eigenvalue weighted by atomic mass is 10.2. The van der Waals surface area contributed by atoms with E-state index in [0.29, 0.717) is 16.5 Å². The molecule has 3 nitrogen and oxygen atoms in total. The van der Waals surface area contributed by atoms with E-state index >= 15 is 0 Å². The van der Waals surface area contributed by atoms with E-state index in [1.807, 2.05) is 31.2 Å². The van der Waals surface area contributed by atoms with E-state index in [1.165, 1.54) is 0 Å². The molecule has 0 aliphatic carbocycles. The van der Waals surface area contributed by atoms with Crippen LogP contribution in [0.3, 0.4) is 0 Å². The molecule has 0 aliphatic rings. The minimum absolute atomic E-state index is 0.595. The highest BCUT2D eigenvalue weighted by Crippen LogP contribution is 2.30. The first kappa shape index (κ1) is 13.7. The van der Waals surface area contributed by atoms with Crippen LogP contribution in [0.5, 0.6) is 11.5 Å². The molecule has 0 unspecified atom stereocenters. The third kappa shape index (κ3) is 3.86. The van der Waals surface area contributed by atoms with Gasteiger partial charge in [-0.05, 0) is 31.0 Å². The maximum Gasteiger partial charge on any atom is 0.147 e. The molecule has 1 heterocycles. The maximum atomic E-state index is 6.11. The lowest BCUT2D eigenvalue weighted by Gasteiger charge is -2.10. The second-order valence-electron chi connectivity index (χ2n) is 4.37. The van der Waals surface area contributed by atoms with E-state index in [0.717, 1.165) is 24.2 Å². The van der Waals surface area contributed by atoms with Crippen molar-refractivity contribution in [1.29, 1.82) is 0 Å². The molecule has 0 atom stereocenters. The lowest BCUT2D eigenvalue weighted by Crippen LogP contribution is -2.00. The van der Waals surface area contributed by atoms with Gasteiger partial charge in [-0.2, -0.15) is 0 Å². The minimum Gasteiger partial charge on any atom is -0.454 e. The van der Waals surface area contributed by atoms with Gasteiger partial charge in [-0.3, -0.25) is 4.98 Å². The molecule has 100 valence electrons. The van der Waals surface area contributed by atoms with Crippen molar-refractivity contribution in [2.75, 3.05) is 11.9 Å². The van der Waals surface area contributed by atoms with E-state index in [2.05, 4.69) is 17.2 Å². The van der Waals surface area contributed by atoms with Crippen LogP contribution in [0.25, 0.3) is 0 Å². The fourth-order valence-corrected chi connectivity index (χ4v) is 1.81. The predicted molar refractivity (Wildman–Crippen MR) is 79.3 cm³/mol. The summed E-state index contributed by atoms with van der Waals surface area (Å²) in [5.74, 6) is 1.32. The molecule has 4 heteroatoms. The first-order valence-electron chi connectivity index (χ1n) is 6.32. The molecule has 0 saturated carbocycles. The second-order valence-corrected chi connectivity index (χ2v) is 4.78. The van der Waals surface area contributed by atoms with Crippen molar-refractivity contribution in [3.05, 3.63) is 47.2 Å². The van der Waals surface area contributed by atoms with E-state index < -0.39 is 0 Å². The Morgan fingerprint density at radius 2 is 2.11 bits per heavy atom. The van der Waals surface area contributed by atoms with Crippen molar-refractivity contribution in [3.8, 4) is 11.5 Å². The topological polar surface area (TPSA) is 34.2 Å². The highest BCUT2D eigenvalue weighted by Gasteiger charge is 2.04. The largest absolute Gasteiger partial charge is 0.454 e. The van der Waals surface area contributed by atoms with Gasteiger partial charge in [-0.1, -0.05) is 24.6 Å². The monoisotopic (exact) mass is 276 g/mol. The summed E-state index contributed by atoms with van der Waals surface area (Å²) in [5.41, 5.74) is 2.05. The standard InChI is InChI=1S/C15H17ClN2O/c1-3-6-18-12-8-13(10-17-9-12)19-15-7-11(2)4-5-14(15)16/h4-5,7-10,18H,3,6H2,1-2H3. The Balaban J connectivity index is 2.16. The number of aryl methyl sites for hydroxylation is 1. The number of hydrogen-bond acceptors (Lipinski definition) is 3. The summed E-state index contributed by atoms with van der Waals surface area (Å²) >= 11 is 6.11. The zero-order chi connectivity index (χ0) is 13.7. The fraction of sp³-hybridized carbons (Fsp3) is 0.267. The molecule has 1 N–H and O–H groups in total. The minimum atomic E-state index is 0.595. The fourth-order valence-electron chi connectivity index (χ4n) is 1.66. The lowest BCUT2D eigenvalue weighted by molar-refractivity contribution is 0.480. The SMILES string of the molecule is CCCNc1cncc(Oc2cc(C)ccc2Cl)c1. The number of aromatic nitrogens is 1. The number of benzene rings is 1. The number of halogens is 1. The van der Waals surface area contributed by atoms with Gasteiger partial charge in [0.05, 0.1) is 23.1 Å². The maximum absolute atomic E-state index is 6.11. The van der Waals surface area contributed by atoms with Crippen LogP contribution in [0.1, 0.15) is 18.9 Å². The van der Waals surface area contributed by atoms with Crippen LogP contribution in [0.2, 0.25) is 5.02 Å². The quantitative estimate of drug-likeness (QED) is 0.862. The third-order valence-corrected chi connectivity index (χ3v) is 2.92. The Morgan fingerprint density at radius 1 is 1.26 bits per heavy atom. The molecule has 0 spiro atoms. The number of rotatable bonds is 5. The summed E-state index contributed by atoms with van der Waals surface area (Å²) in [4.78, 5) is 4.16. The predicted octanol–water partition coefficient (Wildman–Crippen LogP) is 4.66. The molecule has 1 aromatic carbocycles. The molecule has 1 aromatic heterocycles. The molecule has 0 aliphatic heterocycles. The Hall–Kier alpha value is -1.74. The van der Waals surface area contributed by atoms with Crippen molar-refractivity contribution in [1.82, 2.24) is 4.98 Å². The first-order valence-corrected chi connectivity index (χ1v) is 6.69. The van der Waals surface area contributed by atoms with Gasteiger partial charge in [0.1, 0.15) is 11.5 Å². The highest BCUT2D eigenvalue weighted by atomic mass is 35.5. The third-order valence-electron chi connectivity index (χ3n) is 2.61. The molecule has 0 bridgehead atoms. The molecule has 0 fully saturated rings. The molecule has 2 aromatic rings. The van der Waals surface area contributed by atoms with Crippen molar-refractivity contribution >= 4 is 17.3 Å². The van der Waals surface area contributed by atoms with Crippen LogP contribution in [0.15, 0.2) is 36.7 Å². The summed E-state index contributed by atoms with van der Waals surface area (Å²) in [5, 5.41) is 3.87. The first-order chi connectivity index (χ1) is 9.19. The van der Waals surface area contributed by atoms with Crippen LogP contribution in [-0.4, -0.2) is 11.5 Å². The molecule has 19 heavy (non-hydrogen) atoms. The molecule has 0 radical (unpaired) electrons. The summed E-state index contributed by atoms with van der Waals surface area (Å²) < 4.78 is 5.78. The van der Waals surface area contributed by atoms with Crippen molar-refractivity contribution in [2.45, 2.75) is 20.3 Å². The number of anilines is 1. The number of nitrogens with zero attached hydrogens (tertiary/aromatic N) is 1. The molecule has 0 amide bonds. The van der Waals surface area contributed by atoms with Crippen molar-refractivity contribution in [3.63, 3.8) is 0 Å². The Bertz CT molecular complexity index is 558. The molecule has 2 rings (SSSR count). The summed E-state index contributed by atoms with van der Waals surface area (Å²) in [7, 11) is 0. The van der Waals surface area contributed by atoms with Crippen molar-refractivity contribution in [2.24, 2.45) is 0 Å². The van der Waals surface area contributed by atoms with E-state index in [9.17, 15) is 0 Å². The van der Waals surface area contributed by atoms with Gasteiger partial charge in [0, 0.05) is 12.6 Å². The van der Waals surface area contributed by atoms with Gasteiger partial charge >= 0.3 is 0 Å². The summed E-state index contributed by atoms with van der Waals surface area (Å²) in [6.07, 6.45) is 4.52. The smallest absolute Gasteiger partial charge is 0.147 e. The van der Waals surface area contributed by atoms with Gasteiger partial charge in [0.15, 0.2) is 0 Å². The van der Waals surface area contributed by atoms with Gasteiger partial charge in [0.2, 0.25) is 0 Å². The van der Waals surface area contributed by atoms with Gasteiger partial charge in [-0.15, -0.1) is 0 Å². The highest BCUT2D eigenvalue weighted by molar-refractivity contribution is 6.32. The van der Waals surface area contributed by atoms with E-state index in [1.54, 1.807) is 12.4 Å². The number of hydrogen-bond donors (Lipinski definition) is 1. The summed E-state index contributed by atoms with van der Waals surface area (Å²) in [6, 6.07) is 7.61. The van der Waals surface area contributed by atoms with Crippen LogP contribution in [-0.2, 0) is 0 Å². The zero-order valence-electron chi connectivity index (χ0n) is 11.1.